The van der Waals surface area contributed by atoms with Crippen molar-refractivity contribution >= 4 is 11.6 Å². The molecule has 1 aromatic heterocycles. The van der Waals surface area contributed by atoms with Crippen molar-refractivity contribution in [3.8, 4) is 0 Å². The fourth-order valence-corrected chi connectivity index (χ4v) is 1.88. The fraction of sp³-hybridized carbons (Fsp3) is 0.154. The molecule has 0 bridgehead atoms. The highest BCUT2D eigenvalue weighted by Crippen LogP contribution is 2.21. The van der Waals surface area contributed by atoms with Crippen molar-refractivity contribution in [3.63, 3.8) is 0 Å². The molecule has 2 rings (SSSR count). The van der Waals surface area contributed by atoms with Gasteiger partial charge in [0.25, 0.3) is 0 Å². The van der Waals surface area contributed by atoms with Crippen LogP contribution in [0, 0.1) is 11.6 Å². The number of aliphatic hydroxyl groups excluding tert-OH is 1. The number of halogens is 3. The molecule has 0 aliphatic rings. The zero-order valence-corrected chi connectivity index (χ0v) is 10.0. The molecule has 0 aliphatic carbocycles. The number of rotatable bonds is 3. The molecule has 2 nitrogen and oxygen atoms in total. The van der Waals surface area contributed by atoms with Crippen LogP contribution in [0.3, 0.4) is 0 Å². The van der Waals surface area contributed by atoms with Crippen LogP contribution in [0.2, 0.25) is 5.15 Å². The second kappa shape index (κ2) is 5.42. The van der Waals surface area contributed by atoms with Crippen LogP contribution in [-0.4, -0.2) is 10.1 Å². The van der Waals surface area contributed by atoms with E-state index in [9.17, 15) is 13.9 Å². The van der Waals surface area contributed by atoms with Crippen molar-refractivity contribution in [1.82, 2.24) is 4.98 Å². The summed E-state index contributed by atoms with van der Waals surface area (Å²) in [6.45, 7) is 0. The van der Waals surface area contributed by atoms with Crippen LogP contribution >= 0.6 is 11.6 Å². The summed E-state index contributed by atoms with van der Waals surface area (Å²) >= 11 is 5.70. The van der Waals surface area contributed by atoms with Crippen LogP contribution in [-0.2, 0) is 6.42 Å². The Labute approximate surface area is 108 Å². The number of pyridine rings is 1. The highest BCUT2D eigenvalue weighted by molar-refractivity contribution is 6.29. The first-order valence-corrected chi connectivity index (χ1v) is 5.67. The van der Waals surface area contributed by atoms with E-state index in [2.05, 4.69) is 4.98 Å². The summed E-state index contributed by atoms with van der Waals surface area (Å²) in [6.07, 6.45) is 0.689. The van der Waals surface area contributed by atoms with E-state index in [1.165, 1.54) is 24.4 Å². The van der Waals surface area contributed by atoms with Crippen LogP contribution in [0.5, 0.6) is 0 Å². The van der Waals surface area contributed by atoms with Crippen LogP contribution < -0.4 is 0 Å². The van der Waals surface area contributed by atoms with Crippen molar-refractivity contribution in [2.24, 2.45) is 0 Å². The molecule has 1 aromatic carbocycles. The Bertz CT molecular complexity index is 542. The van der Waals surface area contributed by atoms with Crippen LogP contribution in [0.4, 0.5) is 8.78 Å². The second-order valence-electron chi connectivity index (χ2n) is 3.91. The van der Waals surface area contributed by atoms with Crippen LogP contribution in [0.15, 0.2) is 36.5 Å². The summed E-state index contributed by atoms with van der Waals surface area (Å²) in [5.74, 6) is -1.32. The van der Waals surface area contributed by atoms with Crippen molar-refractivity contribution < 1.29 is 13.9 Å². The molecule has 1 unspecified atom stereocenters. The van der Waals surface area contributed by atoms with Gasteiger partial charge in [-0.3, -0.25) is 0 Å². The standard InChI is InChI=1S/C13H10ClF2NO/c14-13-6-9(1-2-17-13)12(18)5-8-3-10(15)7-11(16)4-8/h1-4,6-7,12,18H,5H2. The van der Waals surface area contributed by atoms with Gasteiger partial charge in [-0.05, 0) is 35.4 Å². The third-order valence-corrected chi connectivity index (χ3v) is 2.69. The Hall–Kier alpha value is -1.52. The maximum atomic E-state index is 13.0. The van der Waals surface area contributed by atoms with E-state index >= 15 is 0 Å². The zero-order valence-electron chi connectivity index (χ0n) is 9.28. The van der Waals surface area contributed by atoms with Gasteiger partial charge in [0.15, 0.2) is 0 Å². The van der Waals surface area contributed by atoms with Crippen molar-refractivity contribution in [3.05, 3.63) is 64.4 Å². The summed E-state index contributed by atoms with van der Waals surface area (Å²) in [5.41, 5.74) is 0.938. The molecule has 0 amide bonds. The van der Waals surface area contributed by atoms with Gasteiger partial charge in [0.05, 0.1) is 6.10 Å². The second-order valence-corrected chi connectivity index (χ2v) is 4.30. The van der Waals surface area contributed by atoms with Crippen molar-refractivity contribution in [1.29, 1.82) is 0 Å². The molecule has 0 aliphatic heterocycles. The third kappa shape index (κ3) is 3.24. The Kier molecular flexibility index (Phi) is 3.89. The topological polar surface area (TPSA) is 33.1 Å². The minimum atomic E-state index is -0.883. The molecule has 1 heterocycles. The summed E-state index contributed by atoms with van der Waals surface area (Å²) in [7, 11) is 0. The monoisotopic (exact) mass is 269 g/mol. The molecular weight excluding hydrogens is 260 g/mol. The van der Waals surface area contributed by atoms with Gasteiger partial charge in [0.2, 0.25) is 0 Å². The number of hydrogen-bond acceptors (Lipinski definition) is 2. The molecule has 0 spiro atoms. The number of aliphatic hydroxyl groups is 1. The Balaban J connectivity index is 2.18. The molecule has 0 saturated carbocycles. The Morgan fingerprint density at radius 1 is 1.17 bits per heavy atom. The Morgan fingerprint density at radius 3 is 2.44 bits per heavy atom. The number of aromatic nitrogens is 1. The van der Waals surface area contributed by atoms with Gasteiger partial charge in [-0.1, -0.05) is 11.6 Å². The molecule has 18 heavy (non-hydrogen) atoms. The molecular formula is C13H10ClF2NO. The quantitative estimate of drug-likeness (QED) is 0.868. The minimum Gasteiger partial charge on any atom is -0.388 e. The first-order chi connectivity index (χ1) is 8.54. The van der Waals surface area contributed by atoms with E-state index in [4.69, 9.17) is 11.6 Å². The number of benzene rings is 1. The van der Waals surface area contributed by atoms with E-state index < -0.39 is 17.7 Å². The maximum absolute atomic E-state index is 13.0. The molecule has 0 radical (unpaired) electrons. The lowest BCUT2D eigenvalue weighted by atomic mass is 10.0. The maximum Gasteiger partial charge on any atom is 0.129 e. The average molecular weight is 270 g/mol. The van der Waals surface area contributed by atoms with Gasteiger partial charge in [-0.25, -0.2) is 13.8 Å². The largest absolute Gasteiger partial charge is 0.388 e. The molecule has 94 valence electrons. The first-order valence-electron chi connectivity index (χ1n) is 5.29. The number of nitrogens with zero attached hydrogens (tertiary/aromatic N) is 1. The highest BCUT2D eigenvalue weighted by Gasteiger charge is 2.11. The fourth-order valence-electron chi connectivity index (χ4n) is 1.69. The van der Waals surface area contributed by atoms with E-state index in [1.54, 1.807) is 6.07 Å². The average Bonchev–Trinajstić information content (AvgIpc) is 2.27. The molecule has 2 aromatic rings. The first kappa shape index (κ1) is 12.9. The number of hydrogen-bond donors (Lipinski definition) is 1. The van der Waals surface area contributed by atoms with Crippen molar-refractivity contribution in [2.45, 2.75) is 12.5 Å². The predicted molar refractivity (Wildman–Crippen MR) is 64.3 cm³/mol. The predicted octanol–water partition coefficient (Wildman–Crippen LogP) is 3.29. The molecule has 1 atom stereocenters. The third-order valence-electron chi connectivity index (χ3n) is 2.49. The van der Waals surface area contributed by atoms with Crippen LogP contribution in [0.1, 0.15) is 17.2 Å². The Morgan fingerprint density at radius 2 is 1.83 bits per heavy atom. The summed E-state index contributed by atoms with van der Waals surface area (Å²) in [4.78, 5) is 3.79. The normalized spacial score (nSPS) is 12.4. The lowest BCUT2D eigenvalue weighted by molar-refractivity contribution is 0.178. The summed E-state index contributed by atoms with van der Waals surface area (Å²) in [5, 5.41) is 10.2. The highest BCUT2D eigenvalue weighted by atomic mass is 35.5. The van der Waals surface area contributed by atoms with Gasteiger partial charge >= 0.3 is 0 Å². The van der Waals surface area contributed by atoms with E-state index in [-0.39, 0.29) is 11.6 Å². The zero-order chi connectivity index (χ0) is 13.1. The lowest BCUT2D eigenvalue weighted by Crippen LogP contribution is -2.03. The van der Waals surface area contributed by atoms with E-state index in [1.807, 2.05) is 0 Å². The molecule has 1 N–H and O–H groups in total. The van der Waals surface area contributed by atoms with Crippen LogP contribution in [0.25, 0.3) is 0 Å². The van der Waals surface area contributed by atoms with E-state index in [0.717, 1.165) is 6.07 Å². The van der Waals surface area contributed by atoms with Crippen molar-refractivity contribution in [2.75, 3.05) is 0 Å². The molecule has 0 saturated heterocycles. The lowest BCUT2D eigenvalue weighted by Gasteiger charge is -2.11. The van der Waals surface area contributed by atoms with E-state index in [0.29, 0.717) is 11.1 Å². The summed E-state index contributed by atoms with van der Waals surface area (Å²) < 4.78 is 26.0. The minimum absolute atomic E-state index is 0.106. The smallest absolute Gasteiger partial charge is 0.129 e. The van der Waals surface area contributed by atoms with Gasteiger partial charge in [-0.2, -0.15) is 0 Å². The van der Waals surface area contributed by atoms with Gasteiger partial charge in [0, 0.05) is 18.7 Å². The summed E-state index contributed by atoms with van der Waals surface area (Å²) in [6, 6.07) is 6.29. The molecule has 0 fully saturated rings. The molecule has 5 heteroatoms. The van der Waals surface area contributed by atoms with Gasteiger partial charge in [-0.15, -0.1) is 0 Å². The van der Waals surface area contributed by atoms with Gasteiger partial charge in [0.1, 0.15) is 16.8 Å². The SMILES string of the molecule is OC(Cc1cc(F)cc(F)c1)c1ccnc(Cl)c1. The van der Waals surface area contributed by atoms with Gasteiger partial charge < -0.3 is 5.11 Å².